The zero-order valence-electron chi connectivity index (χ0n) is 33.8. The van der Waals surface area contributed by atoms with Crippen molar-refractivity contribution in [1.29, 1.82) is 0 Å². The monoisotopic (exact) mass is 957 g/mol. The second-order valence-electron chi connectivity index (χ2n) is 13.6. The lowest BCUT2D eigenvalue weighted by atomic mass is 10.0. The van der Waals surface area contributed by atoms with Gasteiger partial charge >= 0.3 is 29.8 Å². The number of amides is 1. The summed E-state index contributed by atoms with van der Waals surface area (Å²) in [5.74, 6) is -17.7. The molecule has 3 atom stereocenters. The summed E-state index contributed by atoms with van der Waals surface area (Å²) in [7, 11) is 0. The Hall–Kier alpha value is -9.79. The molecule has 0 spiro atoms. The third-order valence-electron chi connectivity index (χ3n) is 8.98. The van der Waals surface area contributed by atoms with Crippen LogP contribution in [0.25, 0.3) is 0 Å². The fraction of sp³-hybridized carbons (Fsp3) is 0.146. The summed E-state index contributed by atoms with van der Waals surface area (Å²) >= 11 is 0. The molecule has 360 valence electrons. The van der Waals surface area contributed by atoms with E-state index in [4.69, 9.17) is 54.7 Å². The van der Waals surface area contributed by atoms with Gasteiger partial charge in [0.1, 0.15) is 18.8 Å². The van der Waals surface area contributed by atoms with Gasteiger partial charge in [-0.3, -0.25) is 4.79 Å². The van der Waals surface area contributed by atoms with Gasteiger partial charge in [0.25, 0.3) is 0 Å². The molecule has 0 saturated carbocycles. The quantitative estimate of drug-likeness (QED) is 0.0437. The summed E-state index contributed by atoms with van der Waals surface area (Å²) in [4.78, 5) is 69.1. The number of carbonyl (C=O) groups is 5. The molecule has 0 aliphatic carbocycles. The van der Waals surface area contributed by atoms with Crippen LogP contribution in [0.3, 0.4) is 0 Å². The minimum Gasteiger partial charge on any atom is -0.504 e. The van der Waals surface area contributed by atoms with Gasteiger partial charge in [0.05, 0.1) is 34.4 Å². The van der Waals surface area contributed by atoms with Crippen molar-refractivity contribution in [2.24, 2.45) is 5.18 Å². The van der Waals surface area contributed by atoms with Gasteiger partial charge in [-0.1, -0.05) is 0 Å². The normalized spacial score (nSPS) is 14.9. The number of aromatic hydroxyl groups is 15. The number of esters is 3. The van der Waals surface area contributed by atoms with E-state index in [-0.39, 0.29) is 29.7 Å². The Morgan fingerprint density at radius 1 is 0.471 bits per heavy atom. The van der Waals surface area contributed by atoms with E-state index in [0.29, 0.717) is 0 Å². The van der Waals surface area contributed by atoms with Crippen LogP contribution in [-0.2, 0) is 18.9 Å². The van der Waals surface area contributed by atoms with Crippen LogP contribution in [0.4, 0.5) is 0 Å². The first-order chi connectivity index (χ1) is 31.8. The van der Waals surface area contributed by atoms with Crippen molar-refractivity contribution < 1.29 is 125 Å². The van der Waals surface area contributed by atoms with E-state index in [1.807, 2.05) is 0 Å². The molecule has 68 heavy (non-hydrogen) atoms. The van der Waals surface area contributed by atoms with Crippen molar-refractivity contribution in [3.8, 4) is 86.2 Å². The highest BCUT2D eigenvalue weighted by Gasteiger charge is 2.41. The van der Waals surface area contributed by atoms with Crippen LogP contribution in [0.15, 0.2) is 65.8 Å². The minimum absolute atomic E-state index is 0.0873. The Morgan fingerprint density at radius 3 is 1.12 bits per heavy atom. The number of ether oxygens (including phenoxy) is 4. The lowest BCUT2D eigenvalue weighted by Crippen LogP contribution is -2.51. The smallest absolute Gasteiger partial charge is 0.338 e. The number of phenolic OH excluding ortho intramolecular Hbond substituents is 15. The topological polar surface area (TPSA) is 475 Å². The highest BCUT2D eigenvalue weighted by molar-refractivity contribution is 5.96. The Bertz CT molecular complexity index is 2670. The molecule has 3 unspecified atom stereocenters. The van der Waals surface area contributed by atoms with Gasteiger partial charge in [0, 0.05) is 11.6 Å². The van der Waals surface area contributed by atoms with Gasteiger partial charge in [0.2, 0.25) is 0 Å². The van der Waals surface area contributed by atoms with E-state index >= 15 is 0 Å². The van der Waals surface area contributed by atoms with Crippen molar-refractivity contribution in [1.82, 2.24) is 0 Å². The Labute approximate surface area is 376 Å². The largest absolute Gasteiger partial charge is 0.504 e. The number of carbonyl (C=O) groups excluding carboxylic acids is 4. The molecule has 5 aromatic rings. The number of carboxylic acids is 1. The molecular weight excluding hydrogens is 922 g/mol. The molecule has 0 bridgehead atoms. The van der Waals surface area contributed by atoms with Crippen molar-refractivity contribution in [2.45, 2.75) is 24.7 Å². The van der Waals surface area contributed by atoms with Gasteiger partial charge < -0.3 is 101 Å². The van der Waals surface area contributed by atoms with E-state index in [1.165, 1.54) is 0 Å². The van der Waals surface area contributed by atoms with Crippen LogP contribution in [-0.4, -0.2) is 143 Å². The maximum atomic E-state index is 13.0. The van der Waals surface area contributed by atoms with Gasteiger partial charge in [0.15, 0.2) is 92.3 Å². The van der Waals surface area contributed by atoms with Crippen molar-refractivity contribution in [3.05, 3.63) is 93.4 Å². The maximum Gasteiger partial charge on any atom is 0.338 e. The molecule has 5 aromatic carbocycles. The Morgan fingerprint density at radius 2 is 0.779 bits per heavy atom. The van der Waals surface area contributed by atoms with Crippen LogP contribution in [0, 0.1) is 4.91 Å². The van der Waals surface area contributed by atoms with Crippen molar-refractivity contribution >= 4 is 29.8 Å². The van der Waals surface area contributed by atoms with E-state index in [9.17, 15) is 74.8 Å². The third kappa shape index (κ3) is 12.1. The SMILES string of the molecule is O=C(O)c1cc(O)c(O)c(O)c1.O=C(OCC1OCCC(OC(=O)c2cc(O)c(O)c(O)c2)C1OC(=O)c1cc(O)c(O)c(O)c1)c1cc(O)c(O)c(O)c1.O=NC(=O)c1cc(O)c(O)c(O)c1. The van der Waals surface area contributed by atoms with E-state index in [0.717, 1.165) is 60.7 Å². The average Bonchev–Trinajstić information content (AvgIpc) is 3.29. The fourth-order valence-corrected chi connectivity index (χ4v) is 5.57. The first kappa shape index (κ1) is 50.9. The number of nitrogens with zero attached hydrogens (tertiary/aromatic N) is 1. The van der Waals surface area contributed by atoms with Gasteiger partial charge in [-0.25, -0.2) is 19.2 Å². The average molecular weight is 958 g/mol. The third-order valence-corrected chi connectivity index (χ3v) is 8.98. The van der Waals surface area contributed by atoms with Crippen LogP contribution in [0.5, 0.6) is 86.2 Å². The molecule has 27 nitrogen and oxygen atoms in total. The Balaban J connectivity index is 0.000000325. The van der Waals surface area contributed by atoms with Crippen LogP contribution in [0.1, 0.15) is 58.2 Å². The summed E-state index contributed by atoms with van der Waals surface area (Å²) in [5, 5.41) is 151. The lowest BCUT2D eigenvalue weighted by molar-refractivity contribution is -0.153. The molecular formula is C41H35NO26. The van der Waals surface area contributed by atoms with Crippen molar-refractivity contribution in [2.75, 3.05) is 13.2 Å². The van der Waals surface area contributed by atoms with Crippen molar-refractivity contribution in [3.63, 3.8) is 0 Å². The number of hydrogen-bond donors (Lipinski definition) is 16. The number of aromatic carboxylic acids is 1. The number of carboxylic acid groups (broad SMARTS) is 1. The summed E-state index contributed by atoms with van der Waals surface area (Å²) in [6.45, 7) is -0.776. The first-order valence-corrected chi connectivity index (χ1v) is 18.4. The van der Waals surface area contributed by atoms with Gasteiger partial charge in [-0.05, 0) is 60.7 Å². The standard InChI is InChI=1S/C27H24O16.C7H5NO5.C7H6O5/c28-13-3-10(4-14(29)21(13)34)25(37)41-9-20-24(43-27(39)12-7-17(32)23(36)18(33)8-12)19(1-2-40-20)42-26(38)11-5-15(30)22(35)16(31)6-11;9-4-1-3(7(12)8-13)2-5(10)6(4)11;8-4-1-3(7(11)12)2-5(9)6(4)10/h3-8,19-20,24,28-36H,1-2,9H2;1-2,9-11H;1-2,8-10H,(H,11,12). The van der Waals surface area contributed by atoms with Crippen LogP contribution >= 0.6 is 0 Å². The molecule has 1 saturated heterocycles. The number of rotatable bonds is 9. The number of hydrogen-bond acceptors (Lipinski definition) is 25. The molecule has 6 rings (SSSR count). The van der Waals surface area contributed by atoms with Crippen LogP contribution in [0.2, 0.25) is 0 Å². The Kier molecular flexibility index (Phi) is 15.9. The summed E-state index contributed by atoms with van der Waals surface area (Å²) in [6.07, 6.45) is -4.25. The van der Waals surface area contributed by atoms with Gasteiger partial charge in [-0.15, -0.1) is 4.91 Å². The second kappa shape index (κ2) is 21.3. The molecule has 1 aliphatic rings. The maximum absolute atomic E-state index is 13.0. The molecule has 1 heterocycles. The summed E-state index contributed by atoms with van der Waals surface area (Å²) in [5.41, 5.74) is -1.79. The summed E-state index contributed by atoms with van der Waals surface area (Å²) in [6, 6.07) is 8.15. The lowest BCUT2D eigenvalue weighted by Gasteiger charge is -2.36. The molecule has 0 radical (unpaired) electrons. The molecule has 1 aliphatic heterocycles. The predicted octanol–water partition coefficient (Wildman–Crippen LogP) is 2.65. The zero-order valence-corrected chi connectivity index (χ0v) is 33.8. The predicted molar refractivity (Wildman–Crippen MR) is 217 cm³/mol. The zero-order chi connectivity index (χ0) is 50.9. The molecule has 0 aromatic heterocycles. The van der Waals surface area contributed by atoms with E-state index in [2.05, 4.69) is 5.18 Å². The number of phenols is 15. The molecule has 1 fully saturated rings. The first-order valence-electron chi connectivity index (χ1n) is 18.4. The summed E-state index contributed by atoms with van der Waals surface area (Å²) < 4.78 is 21.6. The molecule has 1 amide bonds. The second-order valence-corrected chi connectivity index (χ2v) is 13.6. The number of nitroso groups, excluding NO2 is 1. The molecule has 27 heteroatoms. The van der Waals surface area contributed by atoms with E-state index in [1.54, 1.807) is 0 Å². The number of benzene rings is 5. The van der Waals surface area contributed by atoms with Crippen LogP contribution < -0.4 is 0 Å². The minimum atomic E-state index is -1.53. The molecule has 16 N–H and O–H groups in total. The highest BCUT2D eigenvalue weighted by atomic mass is 16.6. The van der Waals surface area contributed by atoms with E-state index < -0.39 is 152 Å². The highest BCUT2D eigenvalue weighted by Crippen LogP contribution is 2.40. The fourth-order valence-electron chi connectivity index (χ4n) is 5.57. The van der Waals surface area contributed by atoms with Gasteiger partial charge in [-0.2, -0.15) is 0 Å².